The Morgan fingerprint density at radius 1 is 1.14 bits per heavy atom. The van der Waals surface area contributed by atoms with Crippen LogP contribution in [0.2, 0.25) is 0 Å². The highest BCUT2D eigenvalue weighted by Gasteiger charge is 2.34. The van der Waals surface area contributed by atoms with Crippen LogP contribution in [0, 0.1) is 17.2 Å². The van der Waals surface area contributed by atoms with Crippen LogP contribution < -0.4 is 5.32 Å². The minimum atomic E-state index is -3.25. The Labute approximate surface area is 206 Å². The van der Waals surface area contributed by atoms with Gasteiger partial charge in [0, 0.05) is 32.1 Å². The lowest BCUT2D eigenvalue weighted by Crippen LogP contribution is -2.25. The van der Waals surface area contributed by atoms with Gasteiger partial charge in [-0.3, -0.25) is 14.7 Å². The summed E-state index contributed by atoms with van der Waals surface area (Å²) in [7, 11) is -3.25. The number of pyridine rings is 1. The van der Waals surface area contributed by atoms with Crippen LogP contribution in [0.5, 0.6) is 0 Å². The molecule has 1 amide bonds. The molecule has 0 bridgehead atoms. The summed E-state index contributed by atoms with van der Waals surface area (Å²) in [6.07, 6.45) is 2.79. The van der Waals surface area contributed by atoms with E-state index in [0.29, 0.717) is 30.1 Å². The monoisotopic (exact) mass is 488 g/mol. The summed E-state index contributed by atoms with van der Waals surface area (Å²) in [4.78, 5) is 20.1. The number of rotatable bonds is 7. The third kappa shape index (κ3) is 5.59. The van der Waals surface area contributed by atoms with Gasteiger partial charge in [-0.1, -0.05) is 38.1 Å². The van der Waals surface area contributed by atoms with Gasteiger partial charge in [0.2, 0.25) is 0 Å². The number of sulfone groups is 1. The zero-order valence-electron chi connectivity index (χ0n) is 20.0. The fourth-order valence-electron chi connectivity index (χ4n) is 4.48. The second-order valence-electron chi connectivity index (χ2n) is 9.27. The van der Waals surface area contributed by atoms with E-state index in [9.17, 15) is 13.2 Å². The standard InChI is InChI=1S/C27H28N4O3S/c1-18(2)26-25-23(17-31(26)16-21-6-4-19(13-28)5-7-21)12-22(15-29-25)27(32)30-14-20-8-10-24(11-9-20)35(3,33)34/h4-12,15,18,26H,14,16-17H2,1-3H3,(H,30,32)/t26-/m0/s1. The molecule has 0 fully saturated rings. The molecular formula is C27H28N4O3S. The Bertz CT molecular complexity index is 1380. The number of nitrogens with one attached hydrogen (secondary N) is 1. The number of amides is 1. The molecule has 4 rings (SSSR count). The number of carbonyl (C=O) groups is 1. The molecule has 1 N–H and O–H groups in total. The van der Waals surface area contributed by atoms with E-state index in [4.69, 9.17) is 5.26 Å². The SMILES string of the molecule is CC(C)[C@H]1c2ncc(C(=O)NCc3ccc(S(C)(=O)=O)cc3)cc2CN1Cc1ccc(C#N)cc1. The largest absolute Gasteiger partial charge is 0.348 e. The summed E-state index contributed by atoms with van der Waals surface area (Å²) in [5, 5.41) is 11.9. The Morgan fingerprint density at radius 3 is 2.40 bits per heavy atom. The number of nitriles is 1. The average Bonchev–Trinajstić information content (AvgIpc) is 3.20. The van der Waals surface area contributed by atoms with Crippen LogP contribution in [-0.4, -0.2) is 30.5 Å². The van der Waals surface area contributed by atoms with Gasteiger partial charge in [-0.05, 0) is 52.9 Å². The smallest absolute Gasteiger partial charge is 0.253 e. The number of hydrogen-bond acceptors (Lipinski definition) is 6. The fourth-order valence-corrected chi connectivity index (χ4v) is 5.11. The molecule has 1 aromatic heterocycles. The molecular weight excluding hydrogens is 460 g/mol. The van der Waals surface area contributed by atoms with Crippen molar-refractivity contribution in [2.45, 2.75) is 44.4 Å². The minimum Gasteiger partial charge on any atom is -0.348 e. The van der Waals surface area contributed by atoms with E-state index in [1.807, 2.05) is 30.3 Å². The van der Waals surface area contributed by atoms with Gasteiger partial charge in [0.25, 0.3) is 5.91 Å². The fraction of sp³-hybridized carbons (Fsp3) is 0.296. The highest BCUT2D eigenvalue weighted by molar-refractivity contribution is 7.90. The van der Waals surface area contributed by atoms with Crippen molar-refractivity contribution < 1.29 is 13.2 Å². The van der Waals surface area contributed by atoms with E-state index in [-0.39, 0.29) is 16.8 Å². The Kier molecular flexibility index (Phi) is 7.01. The van der Waals surface area contributed by atoms with E-state index in [1.54, 1.807) is 30.5 Å². The van der Waals surface area contributed by atoms with Gasteiger partial charge < -0.3 is 5.32 Å². The number of aromatic nitrogens is 1. The third-order valence-electron chi connectivity index (χ3n) is 6.22. The van der Waals surface area contributed by atoms with Crippen molar-refractivity contribution in [3.8, 4) is 6.07 Å². The molecule has 2 heterocycles. The van der Waals surface area contributed by atoms with Gasteiger partial charge >= 0.3 is 0 Å². The van der Waals surface area contributed by atoms with Gasteiger partial charge in [0.15, 0.2) is 9.84 Å². The third-order valence-corrected chi connectivity index (χ3v) is 7.34. The summed E-state index contributed by atoms with van der Waals surface area (Å²) in [5.41, 5.74) is 5.13. The molecule has 1 aliphatic rings. The van der Waals surface area contributed by atoms with Crippen LogP contribution in [0.3, 0.4) is 0 Å². The van der Waals surface area contributed by atoms with E-state index in [0.717, 1.165) is 28.9 Å². The predicted octanol–water partition coefficient (Wildman–Crippen LogP) is 4.00. The van der Waals surface area contributed by atoms with Crippen LogP contribution in [0.15, 0.2) is 65.7 Å². The Balaban J connectivity index is 1.46. The molecule has 0 saturated heterocycles. The van der Waals surface area contributed by atoms with Crippen molar-refractivity contribution in [1.29, 1.82) is 5.26 Å². The van der Waals surface area contributed by atoms with Crippen LogP contribution in [0.25, 0.3) is 0 Å². The van der Waals surface area contributed by atoms with Crippen LogP contribution in [-0.2, 0) is 29.5 Å². The molecule has 7 nitrogen and oxygen atoms in total. The maximum atomic E-state index is 12.8. The molecule has 35 heavy (non-hydrogen) atoms. The molecule has 180 valence electrons. The molecule has 8 heteroatoms. The van der Waals surface area contributed by atoms with Crippen molar-refractivity contribution in [2.24, 2.45) is 5.92 Å². The van der Waals surface area contributed by atoms with E-state index in [1.165, 1.54) is 6.26 Å². The summed E-state index contributed by atoms with van der Waals surface area (Å²) in [6, 6.07) is 18.3. The average molecular weight is 489 g/mol. The first kappa shape index (κ1) is 24.6. The Hall–Kier alpha value is -3.54. The molecule has 1 aliphatic heterocycles. The maximum absolute atomic E-state index is 12.8. The lowest BCUT2D eigenvalue weighted by atomic mass is 9.99. The lowest BCUT2D eigenvalue weighted by Gasteiger charge is -2.27. The molecule has 1 atom stereocenters. The molecule has 0 aliphatic carbocycles. The van der Waals surface area contributed by atoms with Crippen molar-refractivity contribution in [1.82, 2.24) is 15.2 Å². The quantitative estimate of drug-likeness (QED) is 0.539. The van der Waals surface area contributed by atoms with E-state index in [2.05, 4.69) is 35.1 Å². The second kappa shape index (κ2) is 9.98. The first-order valence-corrected chi connectivity index (χ1v) is 13.3. The van der Waals surface area contributed by atoms with Gasteiger partial charge in [0.1, 0.15) is 0 Å². The zero-order valence-corrected chi connectivity index (χ0v) is 20.8. The molecule has 0 radical (unpaired) electrons. The molecule has 0 spiro atoms. The number of benzene rings is 2. The number of fused-ring (bicyclic) bond motifs is 1. The van der Waals surface area contributed by atoms with Gasteiger partial charge in [-0.25, -0.2) is 8.42 Å². The topological polar surface area (TPSA) is 103 Å². The van der Waals surface area contributed by atoms with Crippen molar-refractivity contribution in [3.63, 3.8) is 0 Å². The number of carbonyl (C=O) groups excluding carboxylic acids is 1. The predicted molar refractivity (Wildman–Crippen MR) is 133 cm³/mol. The first-order chi connectivity index (χ1) is 16.7. The summed E-state index contributed by atoms with van der Waals surface area (Å²) in [6.45, 7) is 6.06. The molecule has 2 aromatic carbocycles. The zero-order chi connectivity index (χ0) is 25.2. The van der Waals surface area contributed by atoms with Crippen molar-refractivity contribution in [3.05, 3.63) is 94.3 Å². The minimum absolute atomic E-state index is 0.145. The van der Waals surface area contributed by atoms with Crippen LogP contribution in [0.4, 0.5) is 0 Å². The lowest BCUT2D eigenvalue weighted by molar-refractivity contribution is 0.0950. The van der Waals surface area contributed by atoms with Crippen molar-refractivity contribution in [2.75, 3.05) is 6.26 Å². The van der Waals surface area contributed by atoms with Crippen molar-refractivity contribution >= 4 is 15.7 Å². The first-order valence-electron chi connectivity index (χ1n) is 11.4. The normalized spacial score (nSPS) is 15.6. The number of nitrogens with zero attached hydrogens (tertiary/aromatic N) is 3. The second-order valence-corrected chi connectivity index (χ2v) is 11.3. The van der Waals surface area contributed by atoms with Crippen LogP contribution >= 0.6 is 0 Å². The van der Waals surface area contributed by atoms with E-state index < -0.39 is 9.84 Å². The van der Waals surface area contributed by atoms with Gasteiger partial charge in [-0.15, -0.1) is 0 Å². The Morgan fingerprint density at radius 2 is 1.80 bits per heavy atom. The summed E-state index contributed by atoms with van der Waals surface area (Å²) < 4.78 is 23.2. The summed E-state index contributed by atoms with van der Waals surface area (Å²) in [5.74, 6) is 0.121. The van der Waals surface area contributed by atoms with E-state index >= 15 is 0 Å². The highest BCUT2D eigenvalue weighted by Crippen LogP contribution is 2.38. The van der Waals surface area contributed by atoms with Crippen LogP contribution in [0.1, 0.15) is 58.2 Å². The highest BCUT2D eigenvalue weighted by atomic mass is 32.2. The maximum Gasteiger partial charge on any atom is 0.253 e. The molecule has 0 saturated carbocycles. The van der Waals surface area contributed by atoms with Gasteiger partial charge in [-0.2, -0.15) is 5.26 Å². The molecule has 0 unspecified atom stereocenters. The molecule has 3 aromatic rings. The number of hydrogen-bond donors (Lipinski definition) is 1. The van der Waals surface area contributed by atoms with Gasteiger partial charge in [0.05, 0.1) is 33.8 Å². The summed E-state index contributed by atoms with van der Waals surface area (Å²) >= 11 is 0.